The Bertz CT molecular complexity index is 636. The first-order valence-corrected chi connectivity index (χ1v) is 10.7. The number of nitrogens with one attached hydrogen (secondary N) is 1. The van der Waals surface area contributed by atoms with Gasteiger partial charge in [-0.3, -0.25) is 9.59 Å². The third-order valence-electron chi connectivity index (χ3n) is 5.01. The molecule has 0 radical (unpaired) electrons. The van der Waals surface area contributed by atoms with Crippen LogP contribution in [0.1, 0.15) is 49.1 Å². The zero-order valence-electron chi connectivity index (χ0n) is 13.8. The van der Waals surface area contributed by atoms with E-state index in [0.29, 0.717) is 22.7 Å². The van der Waals surface area contributed by atoms with Crippen molar-refractivity contribution in [3.8, 4) is 0 Å². The van der Waals surface area contributed by atoms with Crippen molar-refractivity contribution in [2.24, 2.45) is 5.92 Å². The molecule has 0 atom stereocenters. The fourth-order valence-electron chi connectivity index (χ4n) is 3.35. The highest BCUT2D eigenvalue weighted by molar-refractivity contribution is 8.00. The molecule has 7 heteroatoms. The maximum absolute atomic E-state index is 12.5. The molecule has 1 N–H and O–H groups in total. The molecular formula is C17H23N3O2S2. The van der Waals surface area contributed by atoms with Gasteiger partial charge in [-0.25, -0.2) is 4.98 Å². The molecular weight excluding hydrogens is 342 g/mol. The highest BCUT2D eigenvalue weighted by atomic mass is 32.2. The largest absolute Gasteiger partial charge is 0.336 e. The topological polar surface area (TPSA) is 62.3 Å². The van der Waals surface area contributed by atoms with Crippen LogP contribution in [0.3, 0.4) is 0 Å². The van der Waals surface area contributed by atoms with Crippen LogP contribution in [-0.4, -0.2) is 39.2 Å². The van der Waals surface area contributed by atoms with Crippen molar-refractivity contribution in [1.82, 2.24) is 9.88 Å². The number of carbonyl (C=O) groups excluding carboxylic acids is 2. The molecule has 4 rings (SSSR count). The molecule has 0 unspecified atom stereocenters. The second kappa shape index (κ2) is 7.04. The van der Waals surface area contributed by atoms with Crippen molar-refractivity contribution < 1.29 is 9.59 Å². The SMILES string of the molecule is O=C(Nc1nc2c(s1)CN(C(=O)CSC1CCCC1)CC2)C1CC1. The molecule has 0 aromatic carbocycles. The maximum Gasteiger partial charge on any atom is 0.232 e. The molecule has 130 valence electrons. The summed E-state index contributed by atoms with van der Waals surface area (Å²) in [6.45, 7) is 1.40. The van der Waals surface area contributed by atoms with Gasteiger partial charge in [0.1, 0.15) is 0 Å². The predicted molar refractivity (Wildman–Crippen MR) is 97.3 cm³/mol. The third-order valence-corrected chi connectivity index (χ3v) is 7.36. The van der Waals surface area contributed by atoms with E-state index in [1.165, 1.54) is 37.0 Å². The molecule has 0 saturated heterocycles. The van der Waals surface area contributed by atoms with Gasteiger partial charge >= 0.3 is 0 Å². The summed E-state index contributed by atoms with van der Waals surface area (Å²) in [4.78, 5) is 32.0. The van der Waals surface area contributed by atoms with E-state index >= 15 is 0 Å². The summed E-state index contributed by atoms with van der Waals surface area (Å²) in [5.74, 6) is 1.14. The summed E-state index contributed by atoms with van der Waals surface area (Å²) < 4.78 is 0. The van der Waals surface area contributed by atoms with Gasteiger partial charge in [0, 0.05) is 29.0 Å². The Balaban J connectivity index is 1.31. The Hall–Kier alpha value is -1.08. The van der Waals surface area contributed by atoms with E-state index in [0.717, 1.165) is 36.4 Å². The Kier molecular flexibility index (Phi) is 4.81. The van der Waals surface area contributed by atoms with Gasteiger partial charge in [-0.05, 0) is 25.7 Å². The normalized spacial score (nSPS) is 20.9. The first-order valence-electron chi connectivity index (χ1n) is 8.88. The molecule has 2 heterocycles. The van der Waals surface area contributed by atoms with Crippen LogP contribution in [0.15, 0.2) is 0 Å². The molecule has 2 fully saturated rings. The third kappa shape index (κ3) is 3.77. The van der Waals surface area contributed by atoms with Crippen LogP contribution < -0.4 is 5.32 Å². The van der Waals surface area contributed by atoms with Gasteiger partial charge in [0.15, 0.2) is 5.13 Å². The van der Waals surface area contributed by atoms with Crippen LogP contribution >= 0.6 is 23.1 Å². The molecule has 1 aromatic rings. The van der Waals surface area contributed by atoms with E-state index in [4.69, 9.17) is 0 Å². The van der Waals surface area contributed by atoms with Gasteiger partial charge in [-0.2, -0.15) is 0 Å². The number of amides is 2. The van der Waals surface area contributed by atoms with Crippen molar-refractivity contribution in [3.63, 3.8) is 0 Å². The maximum atomic E-state index is 12.5. The first-order chi connectivity index (χ1) is 11.7. The molecule has 0 spiro atoms. The van der Waals surface area contributed by atoms with Crippen LogP contribution in [0.2, 0.25) is 0 Å². The highest BCUT2D eigenvalue weighted by Gasteiger charge is 2.31. The lowest BCUT2D eigenvalue weighted by molar-refractivity contribution is -0.129. The quantitative estimate of drug-likeness (QED) is 0.871. The van der Waals surface area contributed by atoms with Crippen LogP contribution in [-0.2, 0) is 22.6 Å². The number of aromatic nitrogens is 1. The number of hydrogen-bond donors (Lipinski definition) is 1. The number of anilines is 1. The van der Waals surface area contributed by atoms with Gasteiger partial charge in [-0.15, -0.1) is 11.8 Å². The molecule has 2 aliphatic carbocycles. The Morgan fingerprint density at radius 3 is 2.79 bits per heavy atom. The van der Waals surface area contributed by atoms with Crippen LogP contribution in [0.5, 0.6) is 0 Å². The highest BCUT2D eigenvalue weighted by Crippen LogP contribution is 2.33. The molecule has 24 heavy (non-hydrogen) atoms. The van der Waals surface area contributed by atoms with Gasteiger partial charge in [0.25, 0.3) is 0 Å². The van der Waals surface area contributed by atoms with E-state index < -0.39 is 0 Å². The Labute approximate surface area is 150 Å². The fourth-order valence-corrected chi connectivity index (χ4v) is 5.60. The van der Waals surface area contributed by atoms with E-state index in [-0.39, 0.29) is 17.7 Å². The molecule has 1 aromatic heterocycles. The number of rotatable bonds is 5. The second-order valence-electron chi connectivity index (χ2n) is 6.94. The van der Waals surface area contributed by atoms with Gasteiger partial charge in [-0.1, -0.05) is 24.2 Å². The van der Waals surface area contributed by atoms with Crippen molar-refractivity contribution >= 4 is 40.0 Å². The minimum Gasteiger partial charge on any atom is -0.336 e. The smallest absolute Gasteiger partial charge is 0.232 e. The minimum absolute atomic E-state index is 0.0991. The van der Waals surface area contributed by atoms with Crippen LogP contribution in [0, 0.1) is 5.92 Å². The minimum atomic E-state index is 0.0991. The van der Waals surface area contributed by atoms with Crippen molar-refractivity contribution in [2.45, 2.75) is 56.7 Å². The van der Waals surface area contributed by atoms with Gasteiger partial charge in [0.05, 0.1) is 18.0 Å². The van der Waals surface area contributed by atoms with Gasteiger partial charge in [0.2, 0.25) is 11.8 Å². The summed E-state index contributed by atoms with van der Waals surface area (Å²) in [7, 11) is 0. The zero-order chi connectivity index (χ0) is 16.5. The van der Waals surface area contributed by atoms with E-state index in [1.807, 2.05) is 16.7 Å². The van der Waals surface area contributed by atoms with Crippen LogP contribution in [0.4, 0.5) is 5.13 Å². The number of nitrogens with zero attached hydrogens (tertiary/aromatic N) is 2. The summed E-state index contributed by atoms with van der Waals surface area (Å²) in [5, 5.41) is 4.31. The lowest BCUT2D eigenvalue weighted by Crippen LogP contribution is -2.36. The lowest BCUT2D eigenvalue weighted by atomic mass is 10.2. The number of hydrogen-bond acceptors (Lipinski definition) is 5. The van der Waals surface area contributed by atoms with E-state index in [1.54, 1.807) is 0 Å². The molecule has 5 nitrogen and oxygen atoms in total. The summed E-state index contributed by atoms with van der Waals surface area (Å²) in [5.41, 5.74) is 1.05. The summed E-state index contributed by atoms with van der Waals surface area (Å²) in [6, 6.07) is 0. The van der Waals surface area contributed by atoms with Crippen LogP contribution in [0.25, 0.3) is 0 Å². The number of thiazole rings is 1. The predicted octanol–water partition coefficient (Wildman–Crippen LogP) is 3.05. The molecule has 2 saturated carbocycles. The van der Waals surface area contributed by atoms with Crippen molar-refractivity contribution in [1.29, 1.82) is 0 Å². The fraction of sp³-hybridized carbons (Fsp3) is 0.706. The van der Waals surface area contributed by atoms with E-state index in [2.05, 4.69) is 10.3 Å². The number of fused-ring (bicyclic) bond motifs is 1. The average Bonchev–Trinajstić information content (AvgIpc) is 3.16. The van der Waals surface area contributed by atoms with Crippen molar-refractivity contribution in [3.05, 3.63) is 10.6 Å². The molecule has 3 aliphatic rings. The monoisotopic (exact) mass is 365 g/mol. The van der Waals surface area contributed by atoms with Crippen molar-refractivity contribution in [2.75, 3.05) is 17.6 Å². The number of carbonyl (C=O) groups is 2. The average molecular weight is 366 g/mol. The second-order valence-corrected chi connectivity index (χ2v) is 9.31. The number of thioether (sulfide) groups is 1. The first kappa shape index (κ1) is 16.4. The molecule has 2 amide bonds. The molecule has 1 aliphatic heterocycles. The molecule has 0 bridgehead atoms. The Morgan fingerprint density at radius 2 is 2.04 bits per heavy atom. The summed E-state index contributed by atoms with van der Waals surface area (Å²) in [6.07, 6.45) is 7.95. The standard InChI is InChI=1S/C17H23N3O2S2/c21-15(10-23-12-3-1-2-4-12)20-8-7-13-14(9-20)24-17(18-13)19-16(22)11-5-6-11/h11-12H,1-10H2,(H,18,19,22). The van der Waals surface area contributed by atoms with E-state index in [9.17, 15) is 9.59 Å². The van der Waals surface area contributed by atoms with Gasteiger partial charge < -0.3 is 10.2 Å². The zero-order valence-corrected chi connectivity index (χ0v) is 15.4. The summed E-state index contributed by atoms with van der Waals surface area (Å²) >= 11 is 3.36. The Morgan fingerprint density at radius 1 is 1.25 bits per heavy atom. The lowest BCUT2D eigenvalue weighted by Gasteiger charge is -2.26.